The number of aromatic nitrogens is 3. The quantitative estimate of drug-likeness (QED) is 0.611. The van der Waals surface area contributed by atoms with E-state index in [2.05, 4.69) is 15.1 Å². The van der Waals surface area contributed by atoms with Crippen molar-refractivity contribution in [3.8, 4) is 11.4 Å². The van der Waals surface area contributed by atoms with Gasteiger partial charge in [-0.25, -0.2) is 13.4 Å². The molecule has 4 heterocycles. The zero-order valence-electron chi connectivity index (χ0n) is 16.5. The average molecular weight is 445 g/mol. The molecule has 0 radical (unpaired) electrons. The summed E-state index contributed by atoms with van der Waals surface area (Å²) < 4.78 is 30.4. The number of aryl methyl sites for hydroxylation is 2. The zero-order chi connectivity index (χ0) is 21.1. The maximum absolute atomic E-state index is 13.0. The van der Waals surface area contributed by atoms with Crippen LogP contribution in [0.25, 0.3) is 11.4 Å². The number of thiazole rings is 1. The van der Waals surface area contributed by atoms with Gasteiger partial charge in [0.2, 0.25) is 11.7 Å². The summed E-state index contributed by atoms with van der Waals surface area (Å²) in [6.45, 7) is 3.92. The summed E-state index contributed by atoms with van der Waals surface area (Å²) in [5, 5.41) is 4.87. The van der Waals surface area contributed by atoms with Crippen LogP contribution in [-0.2, 0) is 9.84 Å². The first-order valence-electron chi connectivity index (χ1n) is 9.65. The van der Waals surface area contributed by atoms with Crippen LogP contribution >= 0.6 is 11.3 Å². The molecule has 10 heteroatoms. The van der Waals surface area contributed by atoms with Crippen molar-refractivity contribution < 1.29 is 17.7 Å². The van der Waals surface area contributed by atoms with Gasteiger partial charge in [-0.1, -0.05) is 35.5 Å². The number of likely N-dealkylation sites (tertiary alicyclic amines) is 1. The van der Waals surface area contributed by atoms with E-state index < -0.39 is 20.5 Å². The Bertz CT molecular complexity index is 1230. The van der Waals surface area contributed by atoms with Crippen molar-refractivity contribution in [1.29, 1.82) is 0 Å². The lowest BCUT2D eigenvalue weighted by atomic mass is 9.83. The second kappa shape index (κ2) is 6.71. The molecule has 8 nitrogen and oxygen atoms in total. The predicted octanol–water partition coefficient (Wildman–Crippen LogP) is 2.61. The van der Waals surface area contributed by atoms with Crippen LogP contribution in [0.4, 0.5) is 0 Å². The van der Waals surface area contributed by atoms with Gasteiger partial charge in [0.05, 0.1) is 22.4 Å². The van der Waals surface area contributed by atoms with E-state index in [1.807, 2.05) is 37.3 Å². The number of hydrogen-bond acceptors (Lipinski definition) is 8. The summed E-state index contributed by atoms with van der Waals surface area (Å²) in [5.74, 6) is 0.238. The van der Waals surface area contributed by atoms with Gasteiger partial charge < -0.3 is 9.42 Å². The first-order chi connectivity index (χ1) is 14.3. The lowest BCUT2D eigenvalue weighted by Crippen LogP contribution is -2.67. The molecule has 2 aliphatic heterocycles. The Morgan fingerprint density at radius 3 is 2.60 bits per heavy atom. The first kappa shape index (κ1) is 19.4. The highest BCUT2D eigenvalue weighted by atomic mass is 32.2. The highest BCUT2D eigenvalue weighted by Crippen LogP contribution is 2.50. The molecular formula is C20H20N4O4S2. The molecule has 0 aliphatic carbocycles. The Morgan fingerprint density at radius 2 is 1.93 bits per heavy atom. The van der Waals surface area contributed by atoms with E-state index in [0.717, 1.165) is 10.6 Å². The summed E-state index contributed by atoms with van der Waals surface area (Å²) >= 11 is 1.34. The van der Waals surface area contributed by atoms with Crippen molar-refractivity contribution in [2.75, 3.05) is 18.8 Å². The third kappa shape index (κ3) is 2.81. The summed E-state index contributed by atoms with van der Waals surface area (Å²) in [6.07, 6.45) is 0.416. The predicted molar refractivity (Wildman–Crippen MR) is 111 cm³/mol. The molecule has 0 bridgehead atoms. The summed E-state index contributed by atoms with van der Waals surface area (Å²) in [6, 6.07) is 9.41. The van der Waals surface area contributed by atoms with E-state index >= 15 is 0 Å². The first-order valence-corrected chi connectivity index (χ1v) is 12.1. The molecule has 2 aromatic heterocycles. The molecule has 0 N–H and O–H groups in total. The van der Waals surface area contributed by atoms with E-state index in [4.69, 9.17) is 4.52 Å². The fraction of sp³-hybridized carbons (Fsp3) is 0.400. The van der Waals surface area contributed by atoms with Crippen LogP contribution in [0.2, 0.25) is 0 Å². The number of carbonyl (C=O) groups excluding carboxylic acids is 1. The zero-order valence-corrected chi connectivity index (χ0v) is 18.2. The Kier molecular flexibility index (Phi) is 4.33. The number of sulfone groups is 1. The van der Waals surface area contributed by atoms with E-state index in [1.54, 1.807) is 11.8 Å². The van der Waals surface area contributed by atoms with Gasteiger partial charge in [0, 0.05) is 18.7 Å². The number of benzene rings is 1. The number of hydrogen-bond donors (Lipinski definition) is 0. The van der Waals surface area contributed by atoms with Crippen molar-refractivity contribution in [3.05, 3.63) is 51.8 Å². The van der Waals surface area contributed by atoms with Gasteiger partial charge in [0.15, 0.2) is 9.84 Å². The fourth-order valence-corrected chi connectivity index (χ4v) is 7.62. The van der Waals surface area contributed by atoms with Gasteiger partial charge in [-0.15, -0.1) is 11.3 Å². The van der Waals surface area contributed by atoms with Crippen molar-refractivity contribution in [2.24, 2.45) is 0 Å². The van der Waals surface area contributed by atoms with Crippen LogP contribution in [0, 0.1) is 13.8 Å². The normalized spacial score (nSPS) is 21.7. The smallest absolute Gasteiger partial charge is 0.265 e. The van der Waals surface area contributed by atoms with Crippen molar-refractivity contribution >= 4 is 27.1 Å². The minimum absolute atomic E-state index is 0.0570. The Hall–Kier alpha value is -2.59. The van der Waals surface area contributed by atoms with E-state index in [0.29, 0.717) is 28.7 Å². The second-order valence-corrected chi connectivity index (χ2v) is 11.5. The van der Waals surface area contributed by atoms with E-state index in [-0.39, 0.29) is 24.7 Å². The van der Waals surface area contributed by atoms with Gasteiger partial charge in [-0.3, -0.25) is 4.79 Å². The molecular weight excluding hydrogens is 424 g/mol. The van der Waals surface area contributed by atoms with Crippen LogP contribution < -0.4 is 0 Å². The van der Waals surface area contributed by atoms with Crippen LogP contribution in [-0.4, -0.2) is 57.9 Å². The third-order valence-corrected chi connectivity index (χ3v) is 9.62. The summed E-state index contributed by atoms with van der Waals surface area (Å²) in [7, 11) is -3.39. The van der Waals surface area contributed by atoms with Gasteiger partial charge in [-0.2, -0.15) is 4.98 Å². The number of carbonyl (C=O) groups is 1. The van der Waals surface area contributed by atoms with Crippen LogP contribution in [0.15, 0.2) is 34.9 Å². The van der Waals surface area contributed by atoms with Crippen molar-refractivity contribution in [3.63, 3.8) is 0 Å². The van der Waals surface area contributed by atoms with E-state index in [9.17, 15) is 13.2 Å². The minimum atomic E-state index is -3.39. The molecule has 2 saturated heterocycles. The molecule has 156 valence electrons. The summed E-state index contributed by atoms with van der Waals surface area (Å²) in [4.78, 5) is 23.9. The fourth-order valence-electron chi connectivity index (χ4n) is 4.42. The van der Waals surface area contributed by atoms with Gasteiger partial charge in [0.25, 0.3) is 5.91 Å². The minimum Gasteiger partial charge on any atom is -0.339 e. The molecule has 0 saturated carbocycles. The largest absolute Gasteiger partial charge is 0.339 e. The molecule has 5 rings (SSSR count). The van der Waals surface area contributed by atoms with Crippen molar-refractivity contribution in [1.82, 2.24) is 20.0 Å². The topological polar surface area (TPSA) is 106 Å². The second-order valence-electron chi connectivity index (χ2n) is 7.86. The highest BCUT2D eigenvalue weighted by molar-refractivity contribution is 7.93. The monoisotopic (exact) mass is 444 g/mol. The van der Waals surface area contributed by atoms with Crippen molar-refractivity contribution in [2.45, 2.75) is 30.9 Å². The average Bonchev–Trinajstić information content (AvgIpc) is 3.36. The van der Waals surface area contributed by atoms with Crippen LogP contribution in [0.1, 0.15) is 38.6 Å². The number of nitrogens with zero attached hydrogens (tertiary/aromatic N) is 4. The van der Waals surface area contributed by atoms with E-state index in [1.165, 1.54) is 11.3 Å². The number of rotatable bonds is 3. The standard InChI is InChI=1S/C20H20N4O4S2/c1-12-16(29-13(2)21-12)19(25)24-10-20(11-24)15(8-9-30(20,26)27)18-22-17(23-28-18)14-6-4-3-5-7-14/h3-7,15H,8-11H2,1-2H3. The molecule has 3 aromatic rings. The lowest BCUT2D eigenvalue weighted by molar-refractivity contribution is 0.0508. The van der Waals surface area contributed by atoms with Crippen LogP contribution in [0.3, 0.4) is 0 Å². The molecule has 1 amide bonds. The highest BCUT2D eigenvalue weighted by Gasteiger charge is 2.64. The maximum atomic E-state index is 13.0. The maximum Gasteiger partial charge on any atom is 0.265 e. The Balaban J connectivity index is 1.42. The lowest BCUT2D eigenvalue weighted by Gasteiger charge is -2.48. The molecule has 2 aliphatic rings. The Labute approximate surface area is 177 Å². The molecule has 1 unspecified atom stereocenters. The van der Waals surface area contributed by atoms with Crippen LogP contribution in [0.5, 0.6) is 0 Å². The molecule has 30 heavy (non-hydrogen) atoms. The Morgan fingerprint density at radius 1 is 1.20 bits per heavy atom. The summed E-state index contributed by atoms with van der Waals surface area (Å²) in [5.41, 5.74) is 1.49. The molecule has 1 aromatic carbocycles. The molecule has 1 atom stereocenters. The molecule has 1 spiro atoms. The SMILES string of the molecule is Cc1nc(C)c(C(=O)N2CC3(C2)C(c2nc(-c4ccccc4)no2)CCS3(=O)=O)s1. The van der Waals surface area contributed by atoms with Gasteiger partial charge in [-0.05, 0) is 20.3 Å². The number of amides is 1. The van der Waals surface area contributed by atoms with Gasteiger partial charge in [0.1, 0.15) is 9.62 Å². The van der Waals surface area contributed by atoms with Gasteiger partial charge >= 0.3 is 0 Å². The third-order valence-electron chi connectivity index (χ3n) is 6.00. The molecule has 2 fully saturated rings.